The Morgan fingerprint density at radius 2 is 1.89 bits per heavy atom. The van der Waals surface area contributed by atoms with E-state index in [0.717, 1.165) is 31.6 Å². The van der Waals surface area contributed by atoms with Crippen LogP contribution in [-0.2, 0) is 0 Å². The molecular formula is C21H32N4O2. The van der Waals surface area contributed by atoms with Crippen molar-refractivity contribution >= 4 is 17.6 Å². The molecule has 148 valence electrons. The Hall–Kier alpha value is -2.50. The minimum Gasteiger partial charge on any atom is -0.371 e. The highest BCUT2D eigenvalue weighted by Gasteiger charge is 2.24. The van der Waals surface area contributed by atoms with Crippen molar-refractivity contribution in [2.75, 3.05) is 24.5 Å². The summed E-state index contributed by atoms with van der Waals surface area (Å²) in [5.74, 6) is 0.353. The predicted molar refractivity (Wildman–Crippen MR) is 110 cm³/mol. The first kappa shape index (κ1) is 20.8. The summed E-state index contributed by atoms with van der Waals surface area (Å²) in [6.07, 6.45) is 3.35. The van der Waals surface area contributed by atoms with E-state index in [1.165, 1.54) is 0 Å². The summed E-state index contributed by atoms with van der Waals surface area (Å²) in [5.41, 5.74) is 1.67. The second-order valence-electron chi connectivity index (χ2n) is 7.43. The number of hydrogen-bond acceptors (Lipinski definition) is 3. The van der Waals surface area contributed by atoms with Gasteiger partial charge in [-0.05, 0) is 37.8 Å². The molecule has 1 atom stereocenters. The van der Waals surface area contributed by atoms with E-state index < -0.39 is 0 Å². The molecule has 1 aliphatic heterocycles. The summed E-state index contributed by atoms with van der Waals surface area (Å²) in [6.45, 7) is 11.9. The molecule has 1 saturated heterocycles. The van der Waals surface area contributed by atoms with Gasteiger partial charge in [0.15, 0.2) is 0 Å². The van der Waals surface area contributed by atoms with E-state index >= 15 is 0 Å². The molecule has 1 heterocycles. The van der Waals surface area contributed by atoms with E-state index in [0.29, 0.717) is 18.0 Å². The van der Waals surface area contributed by atoms with Crippen LogP contribution in [0.25, 0.3) is 0 Å². The maximum atomic E-state index is 12.7. The van der Waals surface area contributed by atoms with E-state index in [4.69, 9.17) is 0 Å². The molecule has 0 aliphatic carbocycles. The van der Waals surface area contributed by atoms with Crippen molar-refractivity contribution < 1.29 is 9.59 Å². The quantitative estimate of drug-likeness (QED) is 0.644. The molecule has 27 heavy (non-hydrogen) atoms. The number of amides is 3. The molecule has 0 spiro atoms. The highest BCUT2D eigenvalue weighted by atomic mass is 16.2. The molecule has 0 bridgehead atoms. The third-order valence-electron chi connectivity index (χ3n) is 5.09. The molecule has 2 rings (SSSR count). The van der Waals surface area contributed by atoms with Gasteiger partial charge in [-0.15, -0.1) is 6.58 Å². The van der Waals surface area contributed by atoms with Gasteiger partial charge in [-0.3, -0.25) is 4.79 Å². The number of hydrogen-bond donors (Lipinski definition) is 3. The molecule has 0 aromatic heterocycles. The first-order valence-electron chi connectivity index (χ1n) is 9.72. The summed E-state index contributed by atoms with van der Waals surface area (Å²) in [6, 6.07) is 7.85. The summed E-state index contributed by atoms with van der Waals surface area (Å²) in [5, 5.41) is 8.83. The molecule has 1 fully saturated rings. The van der Waals surface area contributed by atoms with Crippen LogP contribution in [0.15, 0.2) is 36.9 Å². The molecule has 1 aliphatic rings. The van der Waals surface area contributed by atoms with Crippen LogP contribution >= 0.6 is 0 Å². The zero-order valence-corrected chi connectivity index (χ0v) is 16.6. The molecule has 3 N–H and O–H groups in total. The summed E-state index contributed by atoms with van der Waals surface area (Å²) >= 11 is 0. The van der Waals surface area contributed by atoms with Crippen LogP contribution in [0, 0.1) is 5.92 Å². The van der Waals surface area contributed by atoms with Gasteiger partial charge in [-0.1, -0.05) is 32.1 Å². The van der Waals surface area contributed by atoms with Crippen LogP contribution in [0.3, 0.4) is 0 Å². The largest absolute Gasteiger partial charge is 0.371 e. The third kappa shape index (κ3) is 6.01. The molecule has 6 heteroatoms. The lowest BCUT2D eigenvalue weighted by atomic mass is 10.0. The smallest absolute Gasteiger partial charge is 0.315 e. The standard InChI is InChI=1S/C21H32N4O2/c1-5-12-22-21(27)24-17-10-13-25(14-11-17)19-9-7-6-8-18(19)20(26)23-16(4)15(2)3/h5-9,15-17H,1,10-14H2,2-4H3,(H,23,26)(H2,22,24,27). The lowest BCUT2D eigenvalue weighted by molar-refractivity contribution is 0.0931. The normalized spacial score (nSPS) is 15.9. The molecule has 0 saturated carbocycles. The molecule has 3 amide bonds. The van der Waals surface area contributed by atoms with Gasteiger partial charge in [-0.2, -0.15) is 0 Å². The topological polar surface area (TPSA) is 73.5 Å². The number of anilines is 1. The Kier molecular flexibility index (Phi) is 7.70. The van der Waals surface area contributed by atoms with Crippen LogP contribution in [0.1, 0.15) is 44.0 Å². The highest BCUT2D eigenvalue weighted by molar-refractivity contribution is 6.00. The maximum absolute atomic E-state index is 12.7. The third-order valence-corrected chi connectivity index (χ3v) is 5.09. The van der Waals surface area contributed by atoms with E-state index in [-0.39, 0.29) is 24.0 Å². The first-order chi connectivity index (χ1) is 12.9. The van der Waals surface area contributed by atoms with Gasteiger partial charge in [0.1, 0.15) is 0 Å². The SMILES string of the molecule is C=CCNC(=O)NC1CCN(c2ccccc2C(=O)NC(C)C(C)C)CC1. The fourth-order valence-electron chi connectivity index (χ4n) is 3.06. The van der Waals surface area contributed by atoms with Crippen LogP contribution in [0.4, 0.5) is 10.5 Å². The van der Waals surface area contributed by atoms with Crippen molar-refractivity contribution in [3.05, 3.63) is 42.5 Å². The Labute approximate surface area is 162 Å². The Bertz CT molecular complexity index is 651. The summed E-state index contributed by atoms with van der Waals surface area (Å²) in [4.78, 5) is 26.7. The number of carbonyl (C=O) groups excluding carboxylic acids is 2. The van der Waals surface area contributed by atoms with Crippen molar-refractivity contribution in [3.8, 4) is 0 Å². The fraction of sp³-hybridized carbons (Fsp3) is 0.524. The number of para-hydroxylation sites is 1. The minimum absolute atomic E-state index is 0.0316. The zero-order valence-electron chi connectivity index (χ0n) is 16.6. The van der Waals surface area contributed by atoms with E-state index in [2.05, 4.69) is 41.3 Å². The van der Waals surface area contributed by atoms with Crippen LogP contribution in [0.2, 0.25) is 0 Å². The average Bonchev–Trinajstić information content (AvgIpc) is 2.66. The van der Waals surface area contributed by atoms with E-state index in [1.807, 2.05) is 31.2 Å². The van der Waals surface area contributed by atoms with Gasteiger partial charge in [-0.25, -0.2) is 4.79 Å². The maximum Gasteiger partial charge on any atom is 0.315 e. The van der Waals surface area contributed by atoms with Gasteiger partial charge >= 0.3 is 6.03 Å². The van der Waals surface area contributed by atoms with Gasteiger partial charge in [0.2, 0.25) is 0 Å². The van der Waals surface area contributed by atoms with Crippen molar-refractivity contribution in [1.82, 2.24) is 16.0 Å². The second-order valence-corrected chi connectivity index (χ2v) is 7.43. The predicted octanol–water partition coefficient (Wildman–Crippen LogP) is 2.91. The number of nitrogens with one attached hydrogen (secondary N) is 3. The van der Waals surface area contributed by atoms with Gasteiger partial charge in [0.25, 0.3) is 5.91 Å². The molecule has 1 aromatic carbocycles. The van der Waals surface area contributed by atoms with Gasteiger partial charge < -0.3 is 20.9 Å². The van der Waals surface area contributed by atoms with Gasteiger partial charge in [0, 0.05) is 37.4 Å². The lowest BCUT2D eigenvalue weighted by Crippen LogP contribution is -2.48. The van der Waals surface area contributed by atoms with Gasteiger partial charge in [0.05, 0.1) is 5.56 Å². The Morgan fingerprint density at radius 3 is 2.52 bits per heavy atom. The number of carbonyl (C=O) groups is 2. The number of rotatable bonds is 7. The number of piperidine rings is 1. The van der Waals surface area contributed by atoms with Crippen LogP contribution < -0.4 is 20.9 Å². The molecule has 0 radical (unpaired) electrons. The van der Waals surface area contributed by atoms with E-state index in [1.54, 1.807) is 6.08 Å². The number of nitrogens with zero attached hydrogens (tertiary/aromatic N) is 1. The first-order valence-corrected chi connectivity index (χ1v) is 9.72. The second kappa shape index (κ2) is 10.00. The molecule has 1 unspecified atom stereocenters. The lowest BCUT2D eigenvalue weighted by Gasteiger charge is -2.35. The summed E-state index contributed by atoms with van der Waals surface area (Å²) < 4.78 is 0. The molecule has 1 aromatic rings. The number of benzene rings is 1. The molecule has 6 nitrogen and oxygen atoms in total. The fourth-order valence-corrected chi connectivity index (χ4v) is 3.06. The van der Waals surface area contributed by atoms with Crippen molar-refractivity contribution in [2.45, 2.75) is 45.7 Å². The summed E-state index contributed by atoms with van der Waals surface area (Å²) in [7, 11) is 0. The van der Waals surface area contributed by atoms with Crippen molar-refractivity contribution in [2.24, 2.45) is 5.92 Å². The Balaban J connectivity index is 1.97. The Morgan fingerprint density at radius 1 is 1.22 bits per heavy atom. The van der Waals surface area contributed by atoms with Crippen LogP contribution in [0.5, 0.6) is 0 Å². The van der Waals surface area contributed by atoms with Crippen molar-refractivity contribution in [3.63, 3.8) is 0 Å². The van der Waals surface area contributed by atoms with Crippen LogP contribution in [-0.4, -0.2) is 43.7 Å². The zero-order chi connectivity index (χ0) is 19.8. The van der Waals surface area contributed by atoms with E-state index in [9.17, 15) is 9.59 Å². The average molecular weight is 373 g/mol. The van der Waals surface area contributed by atoms with Crippen molar-refractivity contribution in [1.29, 1.82) is 0 Å². The molecular weight excluding hydrogens is 340 g/mol. The minimum atomic E-state index is -0.157. The monoisotopic (exact) mass is 372 g/mol. The number of urea groups is 1. The highest BCUT2D eigenvalue weighted by Crippen LogP contribution is 2.24.